The van der Waals surface area contributed by atoms with E-state index in [0.29, 0.717) is 23.0 Å². The third-order valence-corrected chi connectivity index (χ3v) is 4.59. The van der Waals surface area contributed by atoms with E-state index in [9.17, 15) is 13.6 Å². The molecule has 4 aromatic rings. The van der Waals surface area contributed by atoms with Gasteiger partial charge < -0.3 is 9.73 Å². The van der Waals surface area contributed by atoms with Crippen molar-refractivity contribution < 1.29 is 18.0 Å². The highest BCUT2D eigenvalue weighted by Crippen LogP contribution is 2.22. The van der Waals surface area contributed by atoms with Crippen LogP contribution in [0, 0.1) is 25.5 Å². The second kappa shape index (κ2) is 7.86. The first-order valence-electron chi connectivity index (χ1n) is 9.10. The Bertz CT molecular complexity index is 1220. The van der Waals surface area contributed by atoms with Gasteiger partial charge in [0.15, 0.2) is 5.69 Å². The van der Waals surface area contributed by atoms with E-state index in [4.69, 9.17) is 4.42 Å². The van der Waals surface area contributed by atoms with Crippen molar-refractivity contribution in [1.29, 1.82) is 0 Å². The number of hydrogen-bond acceptors (Lipinski definition) is 5. The van der Waals surface area contributed by atoms with E-state index in [1.807, 2.05) is 30.3 Å². The minimum absolute atomic E-state index is 0.00286. The van der Waals surface area contributed by atoms with Gasteiger partial charge in [0.1, 0.15) is 23.1 Å². The van der Waals surface area contributed by atoms with Gasteiger partial charge in [-0.15, -0.1) is 5.10 Å². The van der Waals surface area contributed by atoms with Crippen molar-refractivity contribution in [2.75, 3.05) is 5.32 Å². The second-order valence-corrected chi connectivity index (χ2v) is 6.65. The molecule has 2 aromatic carbocycles. The third kappa shape index (κ3) is 3.82. The number of aromatic nitrogens is 4. The Hall–Kier alpha value is -3.88. The largest absolute Gasteiger partial charge is 0.441 e. The summed E-state index contributed by atoms with van der Waals surface area (Å²) in [4.78, 5) is 17.0. The van der Waals surface area contributed by atoms with Crippen LogP contribution in [-0.4, -0.2) is 25.9 Å². The molecule has 0 aliphatic carbocycles. The molecule has 9 heteroatoms. The topological polar surface area (TPSA) is 85.8 Å². The van der Waals surface area contributed by atoms with Crippen LogP contribution in [0.25, 0.3) is 11.5 Å². The number of hydrogen-bond donors (Lipinski definition) is 1. The molecule has 1 N–H and O–H groups in total. The van der Waals surface area contributed by atoms with E-state index in [-0.39, 0.29) is 17.9 Å². The van der Waals surface area contributed by atoms with Gasteiger partial charge in [-0.2, -0.15) is 0 Å². The molecule has 0 atom stereocenters. The van der Waals surface area contributed by atoms with Crippen molar-refractivity contribution >= 4 is 11.6 Å². The standard InChI is InChI=1S/C21H17F2N5O2/c1-12-19(20(29)24-17-10-15(22)8-9-16(17)23)26-27-28(12)11-18-13(2)30-21(25-18)14-6-4-3-5-7-14/h3-10H,11H2,1-2H3,(H,24,29). The first-order valence-corrected chi connectivity index (χ1v) is 9.10. The number of amides is 1. The molecule has 0 saturated heterocycles. The van der Waals surface area contributed by atoms with E-state index in [2.05, 4.69) is 20.6 Å². The minimum atomic E-state index is -0.749. The fourth-order valence-corrected chi connectivity index (χ4v) is 2.92. The van der Waals surface area contributed by atoms with E-state index >= 15 is 0 Å². The number of benzene rings is 2. The van der Waals surface area contributed by atoms with Gasteiger partial charge in [0, 0.05) is 11.6 Å². The van der Waals surface area contributed by atoms with Gasteiger partial charge in [-0.25, -0.2) is 18.4 Å². The monoisotopic (exact) mass is 409 g/mol. The zero-order chi connectivity index (χ0) is 21.3. The van der Waals surface area contributed by atoms with Crippen molar-refractivity contribution in [3.8, 4) is 11.5 Å². The summed E-state index contributed by atoms with van der Waals surface area (Å²) >= 11 is 0. The SMILES string of the molecule is Cc1oc(-c2ccccc2)nc1Cn1nnc(C(=O)Nc2cc(F)ccc2F)c1C. The summed E-state index contributed by atoms with van der Waals surface area (Å²) in [6, 6.07) is 12.3. The highest BCUT2D eigenvalue weighted by Gasteiger charge is 2.20. The summed E-state index contributed by atoms with van der Waals surface area (Å²) in [6.45, 7) is 3.69. The number of anilines is 1. The maximum Gasteiger partial charge on any atom is 0.278 e. The molecule has 0 radical (unpaired) electrons. The molecule has 7 nitrogen and oxygen atoms in total. The Morgan fingerprint density at radius 1 is 1.13 bits per heavy atom. The molecule has 30 heavy (non-hydrogen) atoms. The molecule has 152 valence electrons. The maximum atomic E-state index is 13.8. The number of rotatable bonds is 5. The van der Waals surface area contributed by atoms with Gasteiger partial charge in [0.05, 0.1) is 17.9 Å². The number of nitrogens with one attached hydrogen (secondary N) is 1. The van der Waals surface area contributed by atoms with Crippen LogP contribution in [0.3, 0.4) is 0 Å². The van der Waals surface area contributed by atoms with Crippen LogP contribution in [-0.2, 0) is 6.54 Å². The molecule has 0 saturated carbocycles. The summed E-state index contributed by atoms with van der Waals surface area (Å²) in [5, 5.41) is 10.2. The lowest BCUT2D eigenvalue weighted by Crippen LogP contribution is -2.15. The summed E-state index contributed by atoms with van der Waals surface area (Å²) < 4.78 is 34.3. The third-order valence-electron chi connectivity index (χ3n) is 4.59. The molecule has 2 heterocycles. The van der Waals surface area contributed by atoms with Crippen LogP contribution in [0.1, 0.15) is 27.6 Å². The molecule has 0 aliphatic heterocycles. The predicted octanol–water partition coefficient (Wildman–Crippen LogP) is 4.13. The van der Waals surface area contributed by atoms with Crippen LogP contribution < -0.4 is 5.32 Å². The van der Waals surface area contributed by atoms with E-state index < -0.39 is 17.5 Å². The minimum Gasteiger partial charge on any atom is -0.441 e. The number of halogens is 2. The molecule has 4 rings (SSSR count). The number of aryl methyl sites for hydroxylation is 1. The van der Waals surface area contributed by atoms with Crippen molar-refractivity contribution in [2.24, 2.45) is 0 Å². The zero-order valence-electron chi connectivity index (χ0n) is 16.2. The van der Waals surface area contributed by atoms with Gasteiger partial charge in [-0.05, 0) is 38.1 Å². The average Bonchev–Trinajstić information content (AvgIpc) is 3.28. The van der Waals surface area contributed by atoms with Crippen molar-refractivity contribution in [1.82, 2.24) is 20.0 Å². The summed E-state index contributed by atoms with van der Waals surface area (Å²) in [6.07, 6.45) is 0. The fourth-order valence-electron chi connectivity index (χ4n) is 2.92. The average molecular weight is 409 g/mol. The lowest BCUT2D eigenvalue weighted by Gasteiger charge is -2.06. The lowest BCUT2D eigenvalue weighted by atomic mass is 10.2. The quantitative estimate of drug-likeness (QED) is 0.536. The highest BCUT2D eigenvalue weighted by atomic mass is 19.1. The number of nitrogens with zero attached hydrogens (tertiary/aromatic N) is 4. The molecule has 1 amide bonds. The molecular weight excluding hydrogens is 392 g/mol. The van der Waals surface area contributed by atoms with E-state index in [1.165, 1.54) is 4.68 Å². The van der Waals surface area contributed by atoms with Crippen molar-refractivity contribution in [2.45, 2.75) is 20.4 Å². The molecule has 2 aromatic heterocycles. The molecule has 0 spiro atoms. The van der Waals surface area contributed by atoms with Crippen LogP contribution >= 0.6 is 0 Å². The molecule has 0 fully saturated rings. The van der Waals surface area contributed by atoms with Gasteiger partial charge in [-0.3, -0.25) is 4.79 Å². The van der Waals surface area contributed by atoms with Crippen LogP contribution in [0.2, 0.25) is 0 Å². The first kappa shape index (κ1) is 19.4. The van der Waals surface area contributed by atoms with Gasteiger partial charge >= 0.3 is 0 Å². The smallest absolute Gasteiger partial charge is 0.278 e. The Labute approximate surface area is 170 Å². The lowest BCUT2D eigenvalue weighted by molar-refractivity contribution is 0.102. The van der Waals surface area contributed by atoms with E-state index in [0.717, 1.165) is 23.8 Å². The summed E-state index contributed by atoms with van der Waals surface area (Å²) in [5.74, 6) is -0.994. The highest BCUT2D eigenvalue weighted by molar-refractivity contribution is 6.03. The van der Waals surface area contributed by atoms with Crippen molar-refractivity contribution in [3.63, 3.8) is 0 Å². The second-order valence-electron chi connectivity index (χ2n) is 6.65. The van der Waals surface area contributed by atoms with Crippen molar-refractivity contribution in [3.05, 3.63) is 83.0 Å². The Balaban J connectivity index is 1.55. The van der Waals surface area contributed by atoms with Gasteiger partial charge in [0.2, 0.25) is 5.89 Å². The Kier molecular flexibility index (Phi) is 5.09. The van der Waals surface area contributed by atoms with Gasteiger partial charge in [0.25, 0.3) is 5.91 Å². The van der Waals surface area contributed by atoms with E-state index in [1.54, 1.807) is 13.8 Å². The van der Waals surface area contributed by atoms with Gasteiger partial charge in [-0.1, -0.05) is 23.4 Å². The number of carbonyl (C=O) groups excluding carboxylic acids is 1. The number of oxazole rings is 1. The predicted molar refractivity (Wildman–Crippen MR) is 105 cm³/mol. The zero-order valence-corrected chi connectivity index (χ0v) is 16.2. The summed E-state index contributed by atoms with van der Waals surface area (Å²) in [5.41, 5.74) is 1.68. The Morgan fingerprint density at radius 2 is 1.90 bits per heavy atom. The fraction of sp³-hybridized carbons (Fsp3) is 0.143. The molecule has 0 unspecified atom stereocenters. The Morgan fingerprint density at radius 3 is 2.67 bits per heavy atom. The van der Waals surface area contributed by atoms with Crippen LogP contribution in [0.5, 0.6) is 0 Å². The number of carbonyl (C=O) groups is 1. The molecule has 0 aliphatic rings. The normalized spacial score (nSPS) is 10.9. The first-order chi connectivity index (χ1) is 14.4. The van der Waals surface area contributed by atoms with Crippen LogP contribution in [0.4, 0.5) is 14.5 Å². The maximum absolute atomic E-state index is 13.8. The molecule has 0 bridgehead atoms. The summed E-state index contributed by atoms with van der Waals surface area (Å²) in [7, 11) is 0. The molecular formula is C21H17F2N5O2. The van der Waals surface area contributed by atoms with Crippen LogP contribution in [0.15, 0.2) is 52.9 Å².